The molecule has 134 valence electrons. The van der Waals surface area contributed by atoms with Crippen molar-refractivity contribution < 1.29 is 4.79 Å². The summed E-state index contributed by atoms with van der Waals surface area (Å²) in [6, 6.07) is 16.1. The van der Waals surface area contributed by atoms with E-state index in [1.165, 1.54) is 9.25 Å². The van der Waals surface area contributed by atoms with E-state index in [1.807, 2.05) is 37.3 Å². The first-order valence-corrected chi connectivity index (χ1v) is 8.76. The normalized spacial score (nSPS) is 10.7. The SMILES string of the molecule is CCCNC(=O)Cn1c(-c2ccccc2)nn(-c2ccc(Cl)cc2)c1=O. The summed E-state index contributed by atoms with van der Waals surface area (Å²) >= 11 is 5.92. The third kappa shape index (κ3) is 3.86. The molecule has 26 heavy (non-hydrogen) atoms. The second kappa shape index (κ2) is 8.01. The molecule has 0 saturated heterocycles. The molecule has 1 N–H and O–H groups in total. The van der Waals surface area contributed by atoms with Crippen molar-refractivity contribution in [2.24, 2.45) is 0 Å². The molecule has 0 atom stereocenters. The first-order chi connectivity index (χ1) is 12.6. The van der Waals surface area contributed by atoms with Crippen LogP contribution in [0.15, 0.2) is 59.4 Å². The summed E-state index contributed by atoms with van der Waals surface area (Å²) in [5.41, 5.74) is 0.975. The number of benzene rings is 2. The molecule has 0 fully saturated rings. The minimum Gasteiger partial charge on any atom is -0.355 e. The third-order valence-electron chi connectivity index (χ3n) is 3.84. The van der Waals surface area contributed by atoms with E-state index in [-0.39, 0.29) is 18.1 Å². The van der Waals surface area contributed by atoms with Crippen LogP contribution in [-0.2, 0) is 11.3 Å². The van der Waals surface area contributed by atoms with Gasteiger partial charge in [0.15, 0.2) is 5.82 Å². The van der Waals surface area contributed by atoms with Crippen molar-refractivity contribution in [3.63, 3.8) is 0 Å². The second-order valence-corrected chi connectivity index (χ2v) is 6.23. The Bertz CT molecular complexity index is 946. The molecule has 0 aliphatic rings. The molecule has 6 nitrogen and oxygen atoms in total. The molecule has 1 aromatic heterocycles. The topological polar surface area (TPSA) is 68.9 Å². The molecule has 0 bridgehead atoms. The van der Waals surface area contributed by atoms with E-state index in [4.69, 9.17) is 11.6 Å². The summed E-state index contributed by atoms with van der Waals surface area (Å²) in [6.45, 7) is 2.45. The Labute approximate surface area is 156 Å². The lowest BCUT2D eigenvalue weighted by Crippen LogP contribution is -2.33. The lowest BCUT2D eigenvalue weighted by atomic mass is 10.2. The van der Waals surface area contributed by atoms with Gasteiger partial charge in [-0.2, -0.15) is 4.68 Å². The maximum Gasteiger partial charge on any atom is 0.351 e. The van der Waals surface area contributed by atoms with Crippen molar-refractivity contribution in [1.29, 1.82) is 0 Å². The predicted octanol–water partition coefficient (Wildman–Crippen LogP) is 2.88. The number of amides is 1. The van der Waals surface area contributed by atoms with Crippen LogP contribution in [0.3, 0.4) is 0 Å². The lowest BCUT2D eigenvalue weighted by Gasteiger charge is -2.06. The van der Waals surface area contributed by atoms with E-state index in [2.05, 4.69) is 10.4 Å². The largest absolute Gasteiger partial charge is 0.355 e. The molecule has 1 amide bonds. The number of hydrogen-bond acceptors (Lipinski definition) is 3. The van der Waals surface area contributed by atoms with Crippen molar-refractivity contribution >= 4 is 17.5 Å². The van der Waals surface area contributed by atoms with Gasteiger partial charge in [-0.3, -0.25) is 9.36 Å². The van der Waals surface area contributed by atoms with Crippen molar-refractivity contribution in [1.82, 2.24) is 19.7 Å². The zero-order valence-corrected chi connectivity index (χ0v) is 15.1. The highest BCUT2D eigenvalue weighted by Crippen LogP contribution is 2.17. The van der Waals surface area contributed by atoms with Gasteiger partial charge in [0, 0.05) is 17.1 Å². The lowest BCUT2D eigenvalue weighted by molar-refractivity contribution is -0.121. The minimum atomic E-state index is -0.377. The van der Waals surface area contributed by atoms with Crippen molar-refractivity contribution in [2.45, 2.75) is 19.9 Å². The van der Waals surface area contributed by atoms with Crippen LogP contribution in [0.4, 0.5) is 0 Å². The fourth-order valence-corrected chi connectivity index (χ4v) is 2.68. The van der Waals surface area contributed by atoms with Crippen LogP contribution in [0.1, 0.15) is 13.3 Å². The third-order valence-corrected chi connectivity index (χ3v) is 4.09. The Balaban J connectivity index is 2.07. The van der Waals surface area contributed by atoms with Crippen molar-refractivity contribution in [3.8, 4) is 17.1 Å². The molecule has 0 saturated carbocycles. The van der Waals surface area contributed by atoms with Gasteiger partial charge in [-0.05, 0) is 30.7 Å². The van der Waals surface area contributed by atoms with Crippen LogP contribution in [0, 0.1) is 0 Å². The molecule has 7 heteroatoms. The van der Waals surface area contributed by atoms with Crippen LogP contribution in [0.5, 0.6) is 0 Å². The van der Waals surface area contributed by atoms with E-state index in [9.17, 15) is 9.59 Å². The highest BCUT2D eigenvalue weighted by molar-refractivity contribution is 6.30. The molecule has 0 radical (unpaired) electrons. The molecular formula is C19H19ClN4O2. The highest BCUT2D eigenvalue weighted by atomic mass is 35.5. The Morgan fingerprint density at radius 3 is 2.46 bits per heavy atom. The number of halogens is 1. The summed E-state index contributed by atoms with van der Waals surface area (Å²) in [7, 11) is 0. The zero-order chi connectivity index (χ0) is 18.5. The number of hydrogen-bond donors (Lipinski definition) is 1. The van der Waals surface area contributed by atoms with E-state index in [0.29, 0.717) is 23.1 Å². The van der Waals surface area contributed by atoms with Crippen LogP contribution in [-0.4, -0.2) is 26.8 Å². The maximum atomic E-state index is 12.9. The number of aromatic nitrogens is 3. The average Bonchev–Trinajstić information content (AvgIpc) is 2.98. The first kappa shape index (κ1) is 17.9. The summed E-state index contributed by atoms with van der Waals surface area (Å²) in [5, 5.41) is 7.82. The second-order valence-electron chi connectivity index (χ2n) is 5.80. The standard InChI is InChI=1S/C19H19ClN4O2/c1-2-12-21-17(25)13-23-18(14-6-4-3-5-7-14)22-24(19(23)26)16-10-8-15(20)9-11-16/h3-11H,2,12-13H2,1H3,(H,21,25). The average molecular weight is 371 g/mol. The molecule has 2 aromatic carbocycles. The van der Waals surface area contributed by atoms with E-state index in [1.54, 1.807) is 24.3 Å². The van der Waals surface area contributed by atoms with Gasteiger partial charge in [0.05, 0.1) is 5.69 Å². The fraction of sp³-hybridized carbons (Fsp3) is 0.211. The summed E-state index contributed by atoms with van der Waals surface area (Å²) in [6.07, 6.45) is 0.830. The van der Waals surface area contributed by atoms with E-state index >= 15 is 0 Å². The number of carbonyl (C=O) groups is 1. The van der Waals surface area contributed by atoms with E-state index in [0.717, 1.165) is 12.0 Å². The van der Waals surface area contributed by atoms with Crippen LogP contribution in [0.2, 0.25) is 5.02 Å². The predicted molar refractivity (Wildman–Crippen MR) is 102 cm³/mol. The van der Waals surface area contributed by atoms with Gasteiger partial charge in [-0.1, -0.05) is 48.9 Å². The van der Waals surface area contributed by atoms with Crippen molar-refractivity contribution in [3.05, 3.63) is 70.1 Å². The highest BCUT2D eigenvalue weighted by Gasteiger charge is 2.18. The minimum absolute atomic E-state index is 0.0867. The van der Waals surface area contributed by atoms with Crippen LogP contribution < -0.4 is 11.0 Å². The molecule has 3 aromatic rings. The van der Waals surface area contributed by atoms with Gasteiger partial charge in [-0.15, -0.1) is 5.10 Å². The van der Waals surface area contributed by atoms with E-state index < -0.39 is 0 Å². The molecular weight excluding hydrogens is 352 g/mol. The van der Waals surface area contributed by atoms with Gasteiger partial charge in [0.25, 0.3) is 0 Å². The number of carbonyl (C=O) groups excluding carboxylic acids is 1. The first-order valence-electron chi connectivity index (χ1n) is 8.38. The molecule has 1 heterocycles. The van der Waals surface area contributed by atoms with Crippen LogP contribution in [0.25, 0.3) is 17.1 Å². The smallest absolute Gasteiger partial charge is 0.351 e. The number of rotatable bonds is 6. The van der Waals surface area contributed by atoms with Crippen molar-refractivity contribution in [2.75, 3.05) is 6.54 Å². The van der Waals surface area contributed by atoms with Gasteiger partial charge >= 0.3 is 5.69 Å². The summed E-state index contributed by atoms with van der Waals surface area (Å²) in [4.78, 5) is 25.1. The number of nitrogens with zero attached hydrogens (tertiary/aromatic N) is 3. The zero-order valence-electron chi connectivity index (χ0n) is 14.4. The molecule has 0 spiro atoms. The number of nitrogens with one attached hydrogen (secondary N) is 1. The summed E-state index contributed by atoms with van der Waals surface area (Å²) < 4.78 is 2.67. The fourth-order valence-electron chi connectivity index (χ4n) is 2.55. The van der Waals surface area contributed by atoms with Gasteiger partial charge in [0.2, 0.25) is 5.91 Å². The quantitative estimate of drug-likeness (QED) is 0.725. The van der Waals surface area contributed by atoms with Gasteiger partial charge < -0.3 is 5.32 Å². The summed E-state index contributed by atoms with van der Waals surface area (Å²) in [5.74, 6) is 0.221. The molecule has 0 aliphatic carbocycles. The molecule has 0 unspecified atom stereocenters. The molecule has 3 rings (SSSR count). The Morgan fingerprint density at radius 2 is 1.81 bits per heavy atom. The van der Waals surface area contributed by atoms with Gasteiger partial charge in [-0.25, -0.2) is 4.79 Å². The molecule has 0 aliphatic heterocycles. The Hall–Kier alpha value is -2.86. The van der Waals surface area contributed by atoms with Crippen LogP contribution >= 0.6 is 11.6 Å². The maximum absolute atomic E-state index is 12.9. The van der Waals surface area contributed by atoms with Gasteiger partial charge in [0.1, 0.15) is 6.54 Å². The Morgan fingerprint density at radius 1 is 1.12 bits per heavy atom. The monoisotopic (exact) mass is 370 g/mol. The Kier molecular flexibility index (Phi) is 5.53.